The van der Waals surface area contributed by atoms with E-state index in [4.69, 9.17) is 5.73 Å². The fourth-order valence-electron chi connectivity index (χ4n) is 4.60. The third-order valence-corrected chi connectivity index (χ3v) is 5.62. The Morgan fingerprint density at radius 1 is 1.24 bits per heavy atom. The van der Waals surface area contributed by atoms with Crippen LogP contribution in [0.4, 0.5) is 0 Å². The van der Waals surface area contributed by atoms with Gasteiger partial charge in [-0.15, -0.1) is 0 Å². The molecule has 1 saturated carbocycles. The maximum atomic E-state index is 6.30. The van der Waals surface area contributed by atoms with Crippen molar-refractivity contribution < 1.29 is 0 Å². The van der Waals surface area contributed by atoms with Crippen LogP contribution >= 0.6 is 0 Å². The molecule has 0 aromatic heterocycles. The molecule has 21 heavy (non-hydrogen) atoms. The summed E-state index contributed by atoms with van der Waals surface area (Å²) in [5.41, 5.74) is 9.57. The van der Waals surface area contributed by atoms with Crippen molar-refractivity contribution >= 4 is 0 Å². The van der Waals surface area contributed by atoms with Crippen LogP contribution in [-0.2, 0) is 13.1 Å². The van der Waals surface area contributed by atoms with E-state index in [1.54, 1.807) is 0 Å². The molecule has 0 amide bonds. The van der Waals surface area contributed by atoms with E-state index in [9.17, 15) is 0 Å². The lowest BCUT2D eigenvalue weighted by atomic mass is 9.72. The standard InChI is InChI=1S/C19H30N2/c1-15(2)10-16-6-5-9-19(11-16,14-20)21-12-17-7-3-4-8-18(17)13-21/h3-4,7-8,15-16H,5-6,9-14,20H2,1-2H3. The van der Waals surface area contributed by atoms with Crippen LogP contribution in [-0.4, -0.2) is 17.0 Å². The maximum absolute atomic E-state index is 6.30. The molecule has 1 aliphatic heterocycles. The largest absolute Gasteiger partial charge is 0.329 e. The van der Waals surface area contributed by atoms with E-state index in [1.807, 2.05) is 0 Å². The van der Waals surface area contributed by atoms with Gasteiger partial charge in [-0.05, 0) is 42.2 Å². The summed E-state index contributed by atoms with van der Waals surface area (Å²) >= 11 is 0. The predicted octanol–water partition coefficient (Wildman–Crippen LogP) is 3.94. The Bertz CT molecular complexity index is 457. The van der Waals surface area contributed by atoms with Gasteiger partial charge in [0.25, 0.3) is 0 Å². The molecule has 0 radical (unpaired) electrons. The summed E-state index contributed by atoms with van der Waals surface area (Å²) < 4.78 is 0. The summed E-state index contributed by atoms with van der Waals surface area (Å²) in [4.78, 5) is 2.68. The van der Waals surface area contributed by atoms with E-state index in [-0.39, 0.29) is 5.54 Å². The van der Waals surface area contributed by atoms with Crippen LogP contribution in [0.15, 0.2) is 24.3 Å². The molecule has 2 N–H and O–H groups in total. The normalized spacial score (nSPS) is 29.8. The second kappa shape index (κ2) is 6.10. The monoisotopic (exact) mass is 286 g/mol. The Morgan fingerprint density at radius 3 is 2.48 bits per heavy atom. The minimum absolute atomic E-state index is 0.247. The molecule has 2 atom stereocenters. The van der Waals surface area contributed by atoms with Crippen LogP contribution in [0.2, 0.25) is 0 Å². The van der Waals surface area contributed by atoms with Crippen LogP contribution in [0.1, 0.15) is 57.1 Å². The molecule has 0 spiro atoms. The van der Waals surface area contributed by atoms with E-state index >= 15 is 0 Å². The Hall–Kier alpha value is -0.860. The van der Waals surface area contributed by atoms with Gasteiger partial charge in [0, 0.05) is 25.2 Å². The minimum atomic E-state index is 0.247. The molecular formula is C19H30N2. The van der Waals surface area contributed by atoms with E-state index in [1.165, 1.54) is 43.2 Å². The van der Waals surface area contributed by atoms with E-state index in [2.05, 4.69) is 43.0 Å². The Labute approximate surface area is 129 Å². The van der Waals surface area contributed by atoms with Crippen molar-refractivity contribution in [3.05, 3.63) is 35.4 Å². The second-order valence-corrected chi connectivity index (χ2v) is 7.65. The van der Waals surface area contributed by atoms with Crippen molar-refractivity contribution in [1.29, 1.82) is 0 Å². The molecule has 1 aromatic rings. The molecule has 1 fully saturated rings. The van der Waals surface area contributed by atoms with Gasteiger partial charge in [0.15, 0.2) is 0 Å². The Balaban J connectivity index is 1.75. The van der Waals surface area contributed by atoms with Crippen molar-refractivity contribution in [2.75, 3.05) is 6.54 Å². The van der Waals surface area contributed by atoms with E-state index in [0.29, 0.717) is 0 Å². The zero-order valence-corrected chi connectivity index (χ0v) is 13.6. The van der Waals surface area contributed by atoms with Crippen LogP contribution in [0.5, 0.6) is 0 Å². The molecule has 0 bridgehead atoms. The van der Waals surface area contributed by atoms with Crippen LogP contribution in [0, 0.1) is 11.8 Å². The minimum Gasteiger partial charge on any atom is -0.329 e. The molecule has 1 aliphatic carbocycles. The molecular weight excluding hydrogens is 256 g/mol. The highest BCUT2D eigenvalue weighted by Gasteiger charge is 2.42. The first-order chi connectivity index (χ1) is 10.1. The highest BCUT2D eigenvalue weighted by atomic mass is 15.2. The van der Waals surface area contributed by atoms with Crippen molar-refractivity contribution in [2.24, 2.45) is 17.6 Å². The molecule has 1 heterocycles. The number of nitrogens with two attached hydrogens (primary N) is 1. The first-order valence-corrected chi connectivity index (χ1v) is 8.65. The summed E-state index contributed by atoms with van der Waals surface area (Å²) in [7, 11) is 0. The number of benzene rings is 1. The zero-order chi connectivity index (χ0) is 14.9. The van der Waals surface area contributed by atoms with E-state index < -0.39 is 0 Å². The highest BCUT2D eigenvalue weighted by Crippen LogP contribution is 2.42. The SMILES string of the molecule is CC(C)CC1CCCC(CN)(N2Cc3ccccc3C2)C1. The predicted molar refractivity (Wildman–Crippen MR) is 88.9 cm³/mol. The van der Waals surface area contributed by atoms with Gasteiger partial charge in [0.05, 0.1) is 0 Å². The molecule has 3 rings (SSSR count). The fraction of sp³-hybridized carbons (Fsp3) is 0.684. The van der Waals surface area contributed by atoms with Crippen molar-refractivity contribution in [3.8, 4) is 0 Å². The van der Waals surface area contributed by atoms with Crippen LogP contribution in [0.25, 0.3) is 0 Å². The van der Waals surface area contributed by atoms with Gasteiger partial charge in [-0.2, -0.15) is 0 Å². The van der Waals surface area contributed by atoms with Gasteiger partial charge >= 0.3 is 0 Å². The van der Waals surface area contributed by atoms with Crippen molar-refractivity contribution in [2.45, 2.75) is 64.6 Å². The van der Waals surface area contributed by atoms with Gasteiger partial charge in [0.1, 0.15) is 0 Å². The number of rotatable bonds is 4. The topological polar surface area (TPSA) is 29.3 Å². The molecule has 2 heteroatoms. The van der Waals surface area contributed by atoms with Crippen molar-refractivity contribution in [1.82, 2.24) is 4.90 Å². The first-order valence-electron chi connectivity index (χ1n) is 8.65. The van der Waals surface area contributed by atoms with Crippen LogP contribution < -0.4 is 5.73 Å². The van der Waals surface area contributed by atoms with Gasteiger partial charge < -0.3 is 5.73 Å². The summed E-state index contributed by atoms with van der Waals surface area (Å²) in [6, 6.07) is 8.90. The lowest BCUT2D eigenvalue weighted by Crippen LogP contribution is -2.54. The average molecular weight is 286 g/mol. The van der Waals surface area contributed by atoms with Gasteiger partial charge in [-0.3, -0.25) is 4.90 Å². The third kappa shape index (κ3) is 3.02. The molecule has 2 aliphatic rings. The third-order valence-electron chi connectivity index (χ3n) is 5.62. The lowest BCUT2D eigenvalue weighted by Gasteiger charge is -2.47. The summed E-state index contributed by atoms with van der Waals surface area (Å²) in [5.74, 6) is 1.67. The number of hydrogen-bond acceptors (Lipinski definition) is 2. The van der Waals surface area contributed by atoms with E-state index in [0.717, 1.165) is 31.5 Å². The second-order valence-electron chi connectivity index (χ2n) is 7.65. The average Bonchev–Trinajstić information content (AvgIpc) is 2.91. The molecule has 2 nitrogen and oxygen atoms in total. The zero-order valence-electron chi connectivity index (χ0n) is 13.6. The fourth-order valence-corrected chi connectivity index (χ4v) is 4.60. The lowest BCUT2D eigenvalue weighted by molar-refractivity contribution is 0.0280. The molecule has 1 aromatic carbocycles. The van der Waals surface area contributed by atoms with Crippen molar-refractivity contribution in [3.63, 3.8) is 0 Å². The van der Waals surface area contributed by atoms with Gasteiger partial charge in [-0.1, -0.05) is 51.0 Å². The Kier molecular flexibility index (Phi) is 4.37. The van der Waals surface area contributed by atoms with Crippen LogP contribution in [0.3, 0.4) is 0 Å². The summed E-state index contributed by atoms with van der Waals surface area (Å²) in [5, 5.41) is 0. The first kappa shape index (κ1) is 15.1. The Morgan fingerprint density at radius 2 is 1.90 bits per heavy atom. The highest BCUT2D eigenvalue weighted by molar-refractivity contribution is 5.31. The quantitative estimate of drug-likeness (QED) is 0.908. The number of nitrogens with zero attached hydrogens (tertiary/aromatic N) is 1. The molecule has 0 saturated heterocycles. The number of fused-ring (bicyclic) bond motifs is 1. The molecule has 2 unspecified atom stereocenters. The van der Waals surface area contributed by atoms with Gasteiger partial charge in [0.2, 0.25) is 0 Å². The smallest absolute Gasteiger partial charge is 0.0341 e. The summed E-state index contributed by atoms with van der Waals surface area (Å²) in [6.07, 6.45) is 6.70. The molecule has 116 valence electrons. The maximum Gasteiger partial charge on any atom is 0.0341 e. The summed E-state index contributed by atoms with van der Waals surface area (Å²) in [6.45, 7) is 7.72. The number of hydrogen-bond donors (Lipinski definition) is 1. The van der Waals surface area contributed by atoms with Gasteiger partial charge in [-0.25, -0.2) is 0 Å².